The van der Waals surface area contributed by atoms with Gasteiger partial charge in [0.1, 0.15) is 6.61 Å². The van der Waals surface area contributed by atoms with Crippen LogP contribution in [-0.2, 0) is 20.7 Å². The average molecular weight is 390 g/mol. The van der Waals surface area contributed by atoms with Crippen LogP contribution in [-0.4, -0.2) is 4.68 Å². The summed E-state index contributed by atoms with van der Waals surface area (Å²) in [5.74, 6) is 0.873. The van der Waals surface area contributed by atoms with E-state index in [2.05, 4.69) is 47.7 Å². The van der Waals surface area contributed by atoms with Crippen LogP contribution in [0.5, 0.6) is 5.75 Å². The van der Waals surface area contributed by atoms with Gasteiger partial charge >= 0.3 is 0 Å². The minimum atomic E-state index is 0.473. The third-order valence-corrected chi connectivity index (χ3v) is 5.17. The number of hydrogen-bond donors (Lipinski definition) is 0. The third-order valence-electron chi connectivity index (χ3n) is 4.92. The van der Waals surface area contributed by atoms with E-state index in [1.165, 1.54) is 0 Å². The quantitative estimate of drug-likeness (QED) is 0.417. The summed E-state index contributed by atoms with van der Waals surface area (Å²) >= 11 is 6.02. The maximum atomic E-state index is 6.42. The molecule has 0 unspecified atom stereocenters. The minimum Gasteiger partial charge on any atom is -0.480 e. The van der Waals surface area contributed by atoms with Gasteiger partial charge in [0.05, 0.1) is 12.6 Å². The highest BCUT2D eigenvalue weighted by Gasteiger charge is 2.30. The Morgan fingerprint density at radius 2 is 1.39 bits per heavy atom. The summed E-state index contributed by atoms with van der Waals surface area (Å²) < 4.78 is 10.7. The topological polar surface area (TPSA) is 18.0 Å². The largest absolute Gasteiger partial charge is 0.480 e. The molecule has 0 aliphatic carbocycles. The fourth-order valence-electron chi connectivity index (χ4n) is 3.41. The highest BCUT2D eigenvalue weighted by molar-refractivity contribution is 6.30. The normalized spacial score (nSPS) is 10.8. The lowest BCUT2D eigenvalue weighted by Gasteiger charge is -2.08. The van der Waals surface area contributed by atoms with Gasteiger partial charge in [0.15, 0.2) is 12.7 Å². The summed E-state index contributed by atoms with van der Waals surface area (Å²) in [7, 11) is 4.12. The van der Waals surface area contributed by atoms with Crippen LogP contribution in [0, 0.1) is 0 Å². The molecule has 3 nitrogen and oxygen atoms in total. The maximum absolute atomic E-state index is 6.42. The van der Waals surface area contributed by atoms with E-state index in [1.54, 1.807) is 0 Å². The summed E-state index contributed by atoms with van der Waals surface area (Å²) in [6, 6.07) is 28.5. The molecule has 4 heteroatoms. The van der Waals surface area contributed by atoms with Crippen molar-refractivity contribution in [2.75, 3.05) is 0 Å². The Morgan fingerprint density at radius 3 is 2.00 bits per heavy atom. The lowest BCUT2D eigenvalue weighted by atomic mass is 10.1. The van der Waals surface area contributed by atoms with Crippen molar-refractivity contribution in [3.63, 3.8) is 0 Å². The molecule has 1 heterocycles. The SMILES string of the molecule is Cn1c(-c2ccccc2)c(OCc2ccc(Cl)cc2)c(-c2ccccc2)[n+]1C. The monoisotopic (exact) mass is 389 g/mol. The summed E-state index contributed by atoms with van der Waals surface area (Å²) in [6.07, 6.45) is 0. The number of ether oxygens (including phenoxy) is 1. The van der Waals surface area contributed by atoms with Gasteiger partial charge in [-0.1, -0.05) is 72.3 Å². The molecule has 0 fully saturated rings. The average Bonchev–Trinajstić information content (AvgIpc) is 2.99. The smallest absolute Gasteiger partial charge is 0.280 e. The van der Waals surface area contributed by atoms with Crippen LogP contribution in [0.25, 0.3) is 22.5 Å². The molecule has 140 valence electrons. The Bertz CT molecular complexity index is 1010. The van der Waals surface area contributed by atoms with Crippen molar-refractivity contribution >= 4 is 11.6 Å². The van der Waals surface area contributed by atoms with Crippen LogP contribution in [0.4, 0.5) is 0 Å². The lowest BCUT2D eigenvalue weighted by molar-refractivity contribution is -0.740. The molecule has 0 saturated heterocycles. The zero-order valence-corrected chi connectivity index (χ0v) is 16.7. The molecule has 0 bridgehead atoms. The van der Waals surface area contributed by atoms with Crippen molar-refractivity contribution in [1.82, 2.24) is 4.68 Å². The second kappa shape index (κ2) is 7.91. The molecule has 0 aliphatic rings. The summed E-state index contributed by atoms with van der Waals surface area (Å²) in [5, 5.41) is 0.727. The Hall–Kier alpha value is -3.04. The first-order valence-corrected chi connectivity index (χ1v) is 9.60. The van der Waals surface area contributed by atoms with Gasteiger partial charge in [-0.05, 0) is 29.8 Å². The summed E-state index contributed by atoms with van der Waals surface area (Å²) in [4.78, 5) is 0. The number of nitrogens with zero attached hydrogens (tertiary/aromatic N) is 2. The molecular weight excluding hydrogens is 368 g/mol. The summed E-state index contributed by atoms with van der Waals surface area (Å²) in [5.41, 5.74) is 5.42. The van der Waals surface area contributed by atoms with E-state index in [-0.39, 0.29) is 0 Å². The van der Waals surface area contributed by atoms with Crippen molar-refractivity contribution < 1.29 is 9.42 Å². The van der Waals surface area contributed by atoms with E-state index in [0.29, 0.717) is 6.61 Å². The van der Waals surface area contributed by atoms with Gasteiger partial charge in [-0.25, -0.2) is 0 Å². The zero-order valence-electron chi connectivity index (χ0n) is 16.0. The number of hydrogen-bond acceptors (Lipinski definition) is 1. The molecule has 0 atom stereocenters. The van der Waals surface area contributed by atoms with Crippen molar-refractivity contribution in [2.45, 2.75) is 6.61 Å². The first-order chi connectivity index (χ1) is 13.6. The second-order valence-corrected chi connectivity index (χ2v) is 7.16. The van der Waals surface area contributed by atoms with E-state index in [0.717, 1.165) is 38.9 Å². The fraction of sp³-hybridized carbons (Fsp3) is 0.125. The van der Waals surface area contributed by atoms with Crippen LogP contribution in [0.2, 0.25) is 5.02 Å². The molecule has 0 radical (unpaired) electrons. The predicted molar refractivity (Wildman–Crippen MR) is 113 cm³/mol. The van der Waals surface area contributed by atoms with Gasteiger partial charge in [0.25, 0.3) is 5.69 Å². The van der Waals surface area contributed by atoms with E-state index in [4.69, 9.17) is 16.3 Å². The molecule has 3 aromatic carbocycles. The maximum Gasteiger partial charge on any atom is 0.280 e. The van der Waals surface area contributed by atoms with Crippen LogP contribution in [0.1, 0.15) is 5.56 Å². The molecule has 4 rings (SSSR count). The van der Waals surface area contributed by atoms with Crippen molar-refractivity contribution in [3.05, 3.63) is 95.5 Å². The molecule has 0 N–H and O–H groups in total. The Labute approximate surface area is 170 Å². The molecule has 4 aromatic rings. The first kappa shape index (κ1) is 18.3. The van der Waals surface area contributed by atoms with Crippen LogP contribution in [0.15, 0.2) is 84.9 Å². The zero-order chi connectivity index (χ0) is 19.5. The van der Waals surface area contributed by atoms with E-state index >= 15 is 0 Å². The van der Waals surface area contributed by atoms with Crippen LogP contribution >= 0.6 is 11.6 Å². The molecular formula is C24H22ClN2O+. The molecule has 0 aliphatic heterocycles. The minimum absolute atomic E-state index is 0.473. The molecule has 0 spiro atoms. The number of halogens is 1. The van der Waals surface area contributed by atoms with Crippen LogP contribution < -0.4 is 9.42 Å². The second-order valence-electron chi connectivity index (χ2n) is 6.72. The van der Waals surface area contributed by atoms with Crippen molar-refractivity contribution in [2.24, 2.45) is 14.1 Å². The van der Waals surface area contributed by atoms with Gasteiger partial charge in [-0.15, -0.1) is 4.68 Å². The van der Waals surface area contributed by atoms with Crippen molar-refractivity contribution in [3.8, 4) is 28.3 Å². The number of aromatic nitrogens is 2. The van der Waals surface area contributed by atoms with Crippen molar-refractivity contribution in [1.29, 1.82) is 0 Å². The van der Waals surface area contributed by atoms with E-state index in [1.807, 2.05) is 60.7 Å². The third kappa shape index (κ3) is 3.54. The summed E-state index contributed by atoms with van der Waals surface area (Å²) in [6.45, 7) is 0.473. The fourth-order valence-corrected chi connectivity index (χ4v) is 3.53. The van der Waals surface area contributed by atoms with Gasteiger partial charge in [0, 0.05) is 10.6 Å². The molecule has 0 amide bonds. The highest BCUT2D eigenvalue weighted by Crippen LogP contribution is 2.37. The van der Waals surface area contributed by atoms with Gasteiger partial charge in [-0.3, -0.25) is 0 Å². The van der Waals surface area contributed by atoms with Gasteiger partial charge < -0.3 is 4.74 Å². The van der Waals surface area contributed by atoms with Gasteiger partial charge in [-0.2, -0.15) is 4.68 Å². The highest BCUT2D eigenvalue weighted by atomic mass is 35.5. The molecule has 28 heavy (non-hydrogen) atoms. The standard InChI is InChI=1S/C24H22ClN2O/c1-26-22(19-9-5-3-6-10-19)24(28-17-18-13-15-21(25)16-14-18)23(27(26)2)20-11-7-4-8-12-20/h3-16H,17H2,1-2H3/q+1. The Balaban J connectivity index is 1.83. The molecule has 0 saturated carbocycles. The first-order valence-electron chi connectivity index (χ1n) is 9.22. The number of rotatable bonds is 5. The Kier molecular flexibility index (Phi) is 5.18. The van der Waals surface area contributed by atoms with Crippen LogP contribution in [0.3, 0.4) is 0 Å². The van der Waals surface area contributed by atoms with Gasteiger partial charge in [0.2, 0.25) is 5.75 Å². The molecule has 1 aromatic heterocycles. The van der Waals surface area contributed by atoms with E-state index in [9.17, 15) is 0 Å². The van der Waals surface area contributed by atoms with E-state index < -0.39 is 0 Å². The predicted octanol–water partition coefficient (Wildman–Crippen LogP) is 5.42. The number of benzene rings is 3. The Morgan fingerprint density at radius 1 is 0.821 bits per heavy atom. The lowest BCUT2D eigenvalue weighted by Crippen LogP contribution is -2.39.